The third-order valence-electron chi connectivity index (χ3n) is 13.9. The molecule has 7 N–H and O–H groups in total. The molecule has 3 fully saturated rings. The molecule has 5 amide bonds. The number of hydrogen-bond acceptors (Lipinski definition) is 17. The van der Waals surface area contributed by atoms with Gasteiger partial charge >= 0.3 is 0 Å². The summed E-state index contributed by atoms with van der Waals surface area (Å²) in [5, 5.41) is 30.1. The first-order chi connectivity index (χ1) is 37.7. The van der Waals surface area contributed by atoms with Crippen molar-refractivity contribution in [3.05, 3.63) is 89.5 Å². The maximum atomic E-state index is 13.9. The van der Waals surface area contributed by atoms with Crippen LogP contribution in [0.1, 0.15) is 87.3 Å². The van der Waals surface area contributed by atoms with Crippen molar-refractivity contribution in [3.63, 3.8) is 0 Å². The summed E-state index contributed by atoms with van der Waals surface area (Å²) in [5.41, 5.74) is 6.00. The molecular formula is C56H73N11O10S. The maximum Gasteiger partial charge on any atom is 0.255 e. The van der Waals surface area contributed by atoms with Gasteiger partial charge in [0.05, 0.1) is 85.2 Å². The Balaban J connectivity index is 0.637. The van der Waals surface area contributed by atoms with E-state index in [1.807, 2.05) is 81.7 Å². The highest BCUT2D eigenvalue weighted by Crippen LogP contribution is 2.32. The van der Waals surface area contributed by atoms with Gasteiger partial charge in [-0.2, -0.15) is 0 Å². The second-order valence-corrected chi connectivity index (χ2v) is 21.9. The van der Waals surface area contributed by atoms with E-state index < -0.39 is 35.4 Å². The number of fused-ring (bicyclic) bond motifs is 1. The summed E-state index contributed by atoms with van der Waals surface area (Å²) in [4.78, 5) is 86.9. The van der Waals surface area contributed by atoms with Gasteiger partial charge in [-0.05, 0) is 80.2 Å². The number of nitrogens with zero attached hydrogens (tertiary/aromatic N) is 5. The maximum absolute atomic E-state index is 13.9. The lowest BCUT2D eigenvalue weighted by atomic mass is 9.85. The number of amides is 5. The monoisotopic (exact) mass is 1090 g/mol. The van der Waals surface area contributed by atoms with Gasteiger partial charge in [0.25, 0.3) is 5.91 Å². The number of aromatic nitrogens is 4. The van der Waals surface area contributed by atoms with E-state index in [1.165, 1.54) is 4.90 Å². The summed E-state index contributed by atoms with van der Waals surface area (Å²) in [6.45, 7) is 9.75. The molecular weight excluding hydrogens is 1020 g/mol. The van der Waals surface area contributed by atoms with Crippen molar-refractivity contribution in [1.82, 2.24) is 46.1 Å². The number of carbonyl (C=O) groups excluding carboxylic acids is 5. The Labute approximate surface area is 458 Å². The molecule has 2 aliphatic carbocycles. The van der Waals surface area contributed by atoms with Crippen LogP contribution < -0.4 is 31.9 Å². The lowest BCUT2D eigenvalue weighted by molar-refractivity contribution is -0.144. The van der Waals surface area contributed by atoms with Crippen LogP contribution in [0.25, 0.3) is 21.3 Å². The number of β-amino-alcohol motifs (C(OH)–C–C–N with tert-alkyl or cyclic N) is 1. The first-order valence-electron chi connectivity index (χ1n) is 26.9. The van der Waals surface area contributed by atoms with Crippen molar-refractivity contribution >= 4 is 69.1 Å². The third-order valence-corrected chi connectivity index (χ3v) is 14.8. The number of rotatable bonds is 27. The molecule has 1 aliphatic heterocycles. The summed E-state index contributed by atoms with van der Waals surface area (Å²) in [6, 6.07) is 13.8. The van der Waals surface area contributed by atoms with E-state index in [1.54, 1.807) is 29.9 Å². The molecule has 4 aromatic heterocycles. The molecule has 22 heteroatoms. The lowest BCUT2D eigenvalue weighted by Gasteiger charge is -2.35. The Morgan fingerprint density at radius 2 is 1.50 bits per heavy atom. The molecule has 3 aliphatic rings. The quantitative estimate of drug-likeness (QED) is 0.0339. The molecule has 0 bridgehead atoms. The van der Waals surface area contributed by atoms with E-state index in [0.717, 1.165) is 51.1 Å². The molecule has 2 saturated carbocycles. The summed E-state index contributed by atoms with van der Waals surface area (Å²) >= 11 is 1.57. The second kappa shape index (κ2) is 27.8. The summed E-state index contributed by atoms with van der Waals surface area (Å²) in [7, 11) is 0. The highest BCUT2D eigenvalue weighted by Gasteiger charge is 2.44. The van der Waals surface area contributed by atoms with Crippen molar-refractivity contribution in [2.75, 3.05) is 76.6 Å². The van der Waals surface area contributed by atoms with Crippen LogP contribution in [0, 0.1) is 18.3 Å². The van der Waals surface area contributed by atoms with Gasteiger partial charge in [0.2, 0.25) is 23.6 Å². The van der Waals surface area contributed by atoms with Gasteiger partial charge in [-0.15, -0.1) is 11.3 Å². The molecule has 1 unspecified atom stereocenters. The van der Waals surface area contributed by atoms with E-state index >= 15 is 0 Å². The van der Waals surface area contributed by atoms with Gasteiger partial charge in [-0.3, -0.25) is 29.0 Å². The first-order valence-corrected chi connectivity index (χ1v) is 27.8. The van der Waals surface area contributed by atoms with E-state index in [0.29, 0.717) is 88.5 Å². The van der Waals surface area contributed by atoms with Crippen molar-refractivity contribution in [3.8, 4) is 10.4 Å². The number of aryl methyl sites for hydroxylation is 1. The second-order valence-electron chi connectivity index (χ2n) is 21.1. The molecule has 3 atom stereocenters. The molecule has 1 saturated heterocycles. The standard InChI is InChI=1S/C56H73N11O10S/c1-35-50(78-34-61-35)37-7-5-36(6-8-37)29-60-54(72)46-27-42(68)32-67(46)55(73)51(56(2,3)4)66-49(69)33-77-26-25-76-24-23-75-22-21-74-20-19-58-52(70)38-9-12-41(13-10-38)63-53(71)43-31-59-48(28-45(43)62-40-14-15-40)65-47-16-11-39-30-57-18-17-44(39)64-47/h5-8,11,16-18,28,30-31,34,38,40-42,46,51,68H,9-10,12-15,19-27,29,32-33H2,1-4H3,(H,58,70)(H,60,72)(H,63,71)(H,66,69)(H2,59,62,64,65)/t38-,41-,42-,46+,51?/m1/s1. The largest absolute Gasteiger partial charge is 0.391 e. The zero-order chi connectivity index (χ0) is 55.0. The van der Waals surface area contributed by atoms with Crippen LogP contribution in [0.3, 0.4) is 0 Å². The van der Waals surface area contributed by atoms with Crippen LogP contribution in [0.4, 0.5) is 17.3 Å². The number of carbonyl (C=O) groups is 5. The van der Waals surface area contributed by atoms with E-state index in [9.17, 15) is 29.1 Å². The van der Waals surface area contributed by atoms with Crippen LogP contribution >= 0.6 is 11.3 Å². The van der Waals surface area contributed by atoms with Crippen molar-refractivity contribution in [2.24, 2.45) is 11.3 Å². The van der Waals surface area contributed by atoms with Gasteiger partial charge in [-0.1, -0.05) is 45.0 Å². The number of aliphatic hydroxyl groups excluding tert-OH is 1. The van der Waals surface area contributed by atoms with Gasteiger partial charge < -0.3 is 60.9 Å². The fourth-order valence-corrected chi connectivity index (χ4v) is 10.2. The van der Waals surface area contributed by atoms with Gasteiger partial charge in [0.1, 0.15) is 30.3 Å². The molecule has 418 valence electrons. The minimum absolute atomic E-state index is 0.0148. The zero-order valence-corrected chi connectivity index (χ0v) is 45.7. The van der Waals surface area contributed by atoms with Crippen LogP contribution in [0.2, 0.25) is 0 Å². The van der Waals surface area contributed by atoms with E-state index in [4.69, 9.17) is 18.9 Å². The Hall–Kier alpha value is -6.69. The van der Waals surface area contributed by atoms with Gasteiger partial charge in [-0.25, -0.2) is 15.0 Å². The number of benzene rings is 1. The van der Waals surface area contributed by atoms with Gasteiger partial charge in [0, 0.05) is 74.1 Å². The smallest absolute Gasteiger partial charge is 0.255 e. The predicted molar refractivity (Wildman–Crippen MR) is 295 cm³/mol. The number of ether oxygens (including phenoxy) is 4. The van der Waals surface area contributed by atoms with Crippen LogP contribution in [-0.2, 0) is 44.7 Å². The minimum atomic E-state index is -0.977. The molecule has 1 aromatic carbocycles. The first kappa shape index (κ1) is 57.5. The molecule has 21 nitrogen and oxygen atoms in total. The SMILES string of the molecule is Cc1ncsc1-c1ccc(CNC(=O)[C@@H]2C[C@@H](O)CN2C(=O)C(NC(=O)COCCOCCOCCOCCNC(=O)[C@H]2CC[C@H](NC(=O)c3cnc(Nc4ccc5cnccc5n4)cc3NC3CC3)CC2)C(C)(C)C)cc1. The molecule has 5 heterocycles. The fourth-order valence-electron chi connectivity index (χ4n) is 9.40. The summed E-state index contributed by atoms with van der Waals surface area (Å²) in [5.74, 6) is -0.452. The van der Waals surface area contributed by atoms with Crippen LogP contribution in [0.15, 0.2) is 72.6 Å². The minimum Gasteiger partial charge on any atom is -0.391 e. The van der Waals surface area contributed by atoms with E-state index in [-0.39, 0.29) is 69.0 Å². The number of anilines is 3. The number of likely N-dealkylation sites (tertiary alicyclic amines) is 1. The normalized spacial score (nSPS) is 18.8. The Bertz CT molecular complexity index is 2820. The highest BCUT2D eigenvalue weighted by molar-refractivity contribution is 7.13. The topological polar surface area (TPSA) is 269 Å². The fraction of sp³-hybridized carbons (Fsp3) is 0.518. The molecule has 5 aromatic rings. The number of nitrogens with one attached hydrogen (secondary N) is 6. The Morgan fingerprint density at radius 3 is 2.19 bits per heavy atom. The van der Waals surface area contributed by atoms with Crippen molar-refractivity contribution in [2.45, 2.75) is 109 Å². The zero-order valence-electron chi connectivity index (χ0n) is 44.9. The van der Waals surface area contributed by atoms with Crippen molar-refractivity contribution < 1.29 is 48.0 Å². The number of aliphatic hydroxyl groups is 1. The lowest BCUT2D eigenvalue weighted by Crippen LogP contribution is -2.58. The number of pyridine rings is 3. The third kappa shape index (κ3) is 16.7. The molecule has 0 spiro atoms. The molecule has 78 heavy (non-hydrogen) atoms. The molecule has 8 rings (SSSR count). The average Bonchev–Trinajstić information content (AvgIpc) is 4.05. The summed E-state index contributed by atoms with van der Waals surface area (Å²) in [6.07, 6.45) is 9.09. The van der Waals surface area contributed by atoms with E-state index in [2.05, 4.69) is 51.8 Å². The van der Waals surface area contributed by atoms with Crippen LogP contribution in [-0.4, -0.2) is 156 Å². The number of thiazole rings is 1. The Morgan fingerprint density at radius 1 is 0.795 bits per heavy atom. The molecule has 0 radical (unpaired) electrons. The Kier molecular flexibility index (Phi) is 20.5. The summed E-state index contributed by atoms with van der Waals surface area (Å²) < 4.78 is 22.3. The predicted octanol–water partition coefficient (Wildman–Crippen LogP) is 5.05. The van der Waals surface area contributed by atoms with Crippen LogP contribution in [0.5, 0.6) is 0 Å². The average molecular weight is 1090 g/mol. The van der Waals surface area contributed by atoms with Gasteiger partial charge in [0.15, 0.2) is 0 Å². The highest BCUT2D eigenvalue weighted by atomic mass is 32.1. The van der Waals surface area contributed by atoms with Crippen molar-refractivity contribution in [1.29, 1.82) is 0 Å². The number of hydrogen-bond donors (Lipinski definition) is 7.